The van der Waals surface area contributed by atoms with Crippen molar-refractivity contribution in [2.24, 2.45) is 5.84 Å². The highest BCUT2D eigenvalue weighted by Gasteiger charge is 2.12. The van der Waals surface area contributed by atoms with E-state index in [1.807, 2.05) is 0 Å². The number of rotatable bonds is 3. The molecule has 0 atom stereocenters. The van der Waals surface area contributed by atoms with Crippen LogP contribution in [0.15, 0.2) is 12.1 Å². The van der Waals surface area contributed by atoms with Crippen LogP contribution in [0.3, 0.4) is 0 Å². The van der Waals surface area contributed by atoms with E-state index in [9.17, 15) is 8.78 Å². The highest BCUT2D eigenvalue weighted by molar-refractivity contribution is 6.31. The van der Waals surface area contributed by atoms with Gasteiger partial charge in [0.05, 0.1) is 5.69 Å². The molecule has 0 unspecified atom stereocenters. The highest BCUT2D eigenvalue weighted by atomic mass is 35.5. The summed E-state index contributed by atoms with van der Waals surface area (Å²) in [5, 5.41) is 0.317. The van der Waals surface area contributed by atoms with Gasteiger partial charge in [0, 0.05) is 11.1 Å². The molecule has 0 saturated heterocycles. The molecule has 3 nitrogen and oxygen atoms in total. The Morgan fingerprint density at radius 3 is 2.53 bits per heavy atom. The minimum Gasteiger partial charge on any atom is -0.433 e. The first kappa shape index (κ1) is 14.2. The van der Waals surface area contributed by atoms with Gasteiger partial charge in [0.25, 0.3) is 0 Å². The Bertz CT molecular complexity index is 337. The van der Waals surface area contributed by atoms with E-state index in [2.05, 4.69) is 10.2 Å². The molecular formula is C8H10Cl2F2N2O. The normalized spacial score (nSPS) is 9.73. The Hall–Kier alpha value is -0.780. The maximum Gasteiger partial charge on any atom is 0.387 e. The average Bonchev–Trinajstić information content (AvgIpc) is 2.01. The fraction of sp³-hybridized carbons (Fsp3) is 0.250. The van der Waals surface area contributed by atoms with E-state index in [1.165, 1.54) is 6.07 Å². The molecule has 7 heteroatoms. The Morgan fingerprint density at radius 1 is 1.47 bits per heavy atom. The van der Waals surface area contributed by atoms with Crippen LogP contribution in [0.2, 0.25) is 5.02 Å². The van der Waals surface area contributed by atoms with Gasteiger partial charge in [-0.1, -0.05) is 11.6 Å². The second kappa shape index (κ2) is 5.95. The molecule has 0 aromatic heterocycles. The van der Waals surface area contributed by atoms with E-state index in [4.69, 9.17) is 17.4 Å². The van der Waals surface area contributed by atoms with E-state index in [-0.39, 0.29) is 18.2 Å². The molecule has 0 aliphatic heterocycles. The molecule has 3 N–H and O–H groups in total. The van der Waals surface area contributed by atoms with Gasteiger partial charge >= 0.3 is 6.61 Å². The van der Waals surface area contributed by atoms with Gasteiger partial charge in [-0.25, -0.2) is 0 Å². The van der Waals surface area contributed by atoms with Crippen molar-refractivity contribution < 1.29 is 13.5 Å². The Balaban J connectivity index is 0.00000196. The number of nitrogens with one attached hydrogen (secondary N) is 1. The van der Waals surface area contributed by atoms with E-state index < -0.39 is 6.61 Å². The summed E-state index contributed by atoms with van der Waals surface area (Å²) in [5.41, 5.74) is 3.21. The summed E-state index contributed by atoms with van der Waals surface area (Å²) in [7, 11) is 0. The molecule has 86 valence electrons. The zero-order valence-corrected chi connectivity index (χ0v) is 9.33. The number of aryl methyl sites for hydroxylation is 1. The minimum atomic E-state index is -2.90. The molecule has 1 aromatic rings. The van der Waals surface area contributed by atoms with Crippen molar-refractivity contribution >= 4 is 29.7 Å². The summed E-state index contributed by atoms with van der Waals surface area (Å²) in [6.45, 7) is -1.22. The Labute approximate surface area is 96.9 Å². The van der Waals surface area contributed by atoms with Crippen LogP contribution in [0.4, 0.5) is 14.5 Å². The predicted octanol–water partition coefficient (Wildman–Crippen LogP) is 2.96. The first-order chi connectivity index (χ1) is 6.54. The minimum absolute atomic E-state index is 0. The fourth-order valence-corrected chi connectivity index (χ4v) is 1.35. The molecule has 0 aliphatic rings. The fourth-order valence-electron chi connectivity index (χ4n) is 1.09. The summed E-state index contributed by atoms with van der Waals surface area (Å²) in [5.74, 6) is 5.10. The lowest BCUT2D eigenvalue weighted by atomic mass is 10.2. The van der Waals surface area contributed by atoms with E-state index >= 15 is 0 Å². The largest absolute Gasteiger partial charge is 0.433 e. The summed E-state index contributed by atoms with van der Waals surface area (Å²) < 4.78 is 28.2. The van der Waals surface area contributed by atoms with Crippen LogP contribution in [0, 0.1) is 6.92 Å². The first-order valence-corrected chi connectivity index (χ1v) is 4.14. The van der Waals surface area contributed by atoms with Gasteiger partial charge in [-0.2, -0.15) is 8.78 Å². The third-order valence-corrected chi connectivity index (χ3v) is 1.84. The molecule has 0 amide bonds. The highest BCUT2D eigenvalue weighted by Crippen LogP contribution is 2.32. The standard InChI is InChI=1S/C8H9ClF2N2O.ClH/c1-4-2-5(9)3-6(7(4)13-12)14-8(10)11;/h2-3,8,13H,12H2,1H3;1H. The van der Waals surface area contributed by atoms with Crippen LogP contribution in [0.1, 0.15) is 5.56 Å². The van der Waals surface area contributed by atoms with Gasteiger partial charge in [-0.3, -0.25) is 5.84 Å². The number of hydrazine groups is 1. The summed E-state index contributed by atoms with van der Waals surface area (Å²) in [6.07, 6.45) is 0. The van der Waals surface area contributed by atoms with E-state index in [1.54, 1.807) is 13.0 Å². The number of nitrogens with two attached hydrogens (primary N) is 1. The van der Waals surface area contributed by atoms with Crippen molar-refractivity contribution in [2.45, 2.75) is 13.5 Å². The summed E-state index contributed by atoms with van der Waals surface area (Å²) >= 11 is 5.67. The van der Waals surface area contributed by atoms with Crippen molar-refractivity contribution in [3.63, 3.8) is 0 Å². The monoisotopic (exact) mass is 258 g/mol. The van der Waals surface area contributed by atoms with E-state index in [0.29, 0.717) is 16.3 Å². The van der Waals surface area contributed by atoms with Gasteiger partial charge in [-0.15, -0.1) is 12.4 Å². The van der Waals surface area contributed by atoms with Crippen LogP contribution in [-0.4, -0.2) is 6.61 Å². The first-order valence-electron chi connectivity index (χ1n) is 3.76. The zero-order chi connectivity index (χ0) is 10.7. The van der Waals surface area contributed by atoms with Crippen LogP contribution in [0.25, 0.3) is 0 Å². The third kappa shape index (κ3) is 3.70. The van der Waals surface area contributed by atoms with Crippen molar-refractivity contribution in [1.82, 2.24) is 0 Å². The van der Waals surface area contributed by atoms with Crippen LogP contribution >= 0.6 is 24.0 Å². The molecule has 0 spiro atoms. The van der Waals surface area contributed by atoms with Crippen molar-refractivity contribution in [3.8, 4) is 5.75 Å². The molecule has 0 heterocycles. The van der Waals surface area contributed by atoms with Crippen LogP contribution in [0.5, 0.6) is 5.75 Å². The maximum atomic E-state index is 12.0. The molecule has 0 saturated carbocycles. The number of nitrogen functional groups attached to an aromatic ring is 1. The summed E-state index contributed by atoms with van der Waals surface area (Å²) in [4.78, 5) is 0. The second-order valence-corrected chi connectivity index (χ2v) is 3.06. The Kier molecular flexibility index (Phi) is 5.64. The van der Waals surface area contributed by atoms with Crippen molar-refractivity contribution in [1.29, 1.82) is 0 Å². The molecule has 0 aliphatic carbocycles. The molecular weight excluding hydrogens is 249 g/mol. The van der Waals surface area contributed by atoms with Crippen LogP contribution in [-0.2, 0) is 0 Å². The molecule has 0 fully saturated rings. The Morgan fingerprint density at radius 2 is 2.07 bits per heavy atom. The van der Waals surface area contributed by atoms with Crippen molar-refractivity contribution in [2.75, 3.05) is 5.43 Å². The molecule has 15 heavy (non-hydrogen) atoms. The second-order valence-electron chi connectivity index (χ2n) is 2.62. The van der Waals surface area contributed by atoms with Gasteiger partial charge in [0.1, 0.15) is 0 Å². The number of halogens is 4. The van der Waals surface area contributed by atoms with E-state index in [0.717, 1.165) is 0 Å². The van der Waals surface area contributed by atoms with Gasteiger partial charge in [0.2, 0.25) is 0 Å². The zero-order valence-electron chi connectivity index (χ0n) is 7.76. The smallest absolute Gasteiger partial charge is 0.387 e. The van der Waals surface area contributed by atoms with Gasteiger partial charge in [0.15, 0.2) is 5.75 Å². The van der Waals surface area contributed by atoms with Gasteiger partial charge in [-0.05, 0) is 18.6 Å². The maximum absolute atomic E-state index is 12.0. The quantitative estimate of drug-likeness (QED) is 0.648. The number of hydrogen-bond acceptors (Lipinski definition) is 3. The molecule has 0 bridgehead atoms. The van der Waals surface area contributed by atoms with Crippen LogP contribution < -0.4 is 16.0 Å². The van der Waals surface area contributed by atoms with Gasteiger partial charge < -0.3 is 10.2 Å². The number of alkyl halides is 2. The number of anilines is 1. The predicted molar refractivity (Wildman–Crippen MR) is 57.9 cm³/mol. The number of benzene rings is 1. The summed E-state index contributed by atoms with van der Waals surface area (Å²) in [6, 6.07) is 2.87. The number of hydrogen-bond donors (Lipinski definition) is 2. The SMILES string of the molecule is Cc1cc(Cl)cc(OC(F)F)c1NN.Cl. The molecule has 0 radical (unpaired) electrons. The average molecular weight is 259 g/mol. The lowest BCUT2D eigenvalue weighted by Gasteiger charge is -2.12. The third-order valence-electron chi connectivity index (χ3n) is 1.62. The lowest BCUT2D eigenvalue weighted by Crippen LogP contribution is -2.12. The molecule has 1 rings (SSSR count). The number of ether oxygens (including phenoxy) is 1. The molecule has 1 aromatic carbocycles. The lowest BCUT2D eigenvalue weighted by molar-refractivity contribution is -0.0493. The van der Waals surface area contributed by atoms with Crippen molar-refractivity contribution in [3.05, 3.63) is 22.7 Å². The topological polar surface area (TPSA) is 47.3 Å².